The van der Waals surface area contributed by atoms with E-state index in [2.05, 4.69) is 0 Å². The molecule has 2 N–H and O–H groups in total. The maximum atomic E-state index is 14.6. The summed E-state index contributed by atoms with van der Waals surface area (Å²) in [5, 5.41) is -6.28. The zero-order chi connectivity index (χ0) is 30.1. The van der Waals surface area contributed by atoms with Crippen LogP contribution in [0.5, 0.6) is 0 Å². The van der Waals surface area contributed by atoms with E-state index in [4.69, 9.17) is 19.1 Å². The second kappa shape index (κ2) is 11.4. The molecule has 0 aliphatic carbocycles. The van der Waals surface area contributed by atoms with Crippen LogP contribution in [-0.4, -0.2) is 9.79 Å². The van der Waals surface area contributed by atoms with Crippen LogP contribution in [0.25, 0.3) is 0 Å². The van der Waals surface area contributed by atoms with Gasteiger partial charge in [0.15, 0.2) is 0 Å². The van der Waals surface area contributed by atoms with Crippen LogP contribution in [0, 0.1) is 0 Å². The molecule has 0 aromatic heterocycles. The fourth-order valence-corrected chi connectivity index (χ4v) is 59.3. The monoisotopic (exact) mass is 734 g/mol. The van der Waals surface area contributed by atoms with Crippen LogP contribution in [0.15, 0.2) is 182 Å². The zero-order valence-corrected chi connectivity index (χ0v) is 28.0. The molecule has 6 aromatic carbocycles. The molecule has 0 atom stereocenters. The molecule has 0 saturated carbocycles. The van der Waals surface area contributed by atoms with Crippen LogP contribution < -0.4 is 31.8 Å². The van der Waals surface area contributed by atoms with Gasteiger partial charge in [-0.05, 0) is 0 Å². The van der Waals surface area contributed by atoms with E-state index in [1.807, 2.05) is 182 Å². The summed E-state index contributed by atoms with van der Waals surface area (Å²) in [5.74, 6) is 0. The van der Waals surface area contributed by atoms with Gasteiger partial charge >= 0.3 is 265 Å². The molecule has 43 heavy (non-hydrogen) atoms. The van der Waals surface area contributed by atoms with E-state index in [9.17, 15) is 9.79 Å². The number of hydrogen-bond acceptors (Lipinski definition) is 2. The van der Waals surface area contributed by atoms with Gasteiger partial charge in [-0.3, -0.25) is 0 Å². The van der Waals surface area contributed by atoms with Crippen molar-refractivity contribution < 1.29 is 22.3 Å². The van der Waals surface area contributed by atoms with E-state index < -0.39 is 22.5 Å². The van der Waals surface area contributed by atoms with Gasteiger partial charge in [0.1, 0.15) is 0 Å². The minimum atomic E-state index is -4.97. The summed E-state index contributed by atoms with van der Waals surface area (Å²) in [6.45, 7) is 0. The van der Waals surface area contributed by atoms with Gasteiger partial charge in [-0.1, -0.05) is 0 Å². The molecule has 0 aliphatic rings. The standard InChI is InChI=1S/2C18H16OP.2ClH.Pd/c2*19-20(16-10-4-1-5-11-16,17-12-6-2-7-13-17)18-14-8-3-9-15-18;;;/h2*1-15,19H;2*1H;/q2*+1;;;/p-2. The average molecular weight is 736 g/mol. The molecular weight excluding hydrogens is 704 g/mol. The van der Waals surface area contributed by atoms with Crippen LogP contribution in [0.4, 0.5) is 0 Å². The summed E-state index contributed by atoms with van der Waals surface area (Å²) < 4.78 is 0. The van der Waals surface area contributed by atoms with Crippen molar-refractivity contribution in [2.75, 3.05) is 0 Å². The Labute approximate surface area is 263 Å². The predicted octanol–water partition coefficient (Wildman–Crippen LogP) is 7.15. The van der Waals surface area contributed by atoms with Crippen LogP contribution in [0.2, 0.25) is 0 Å². The second-order valence-corrected chi connectivity index (χ2v) is 41.9. The van der Waals surface area contributed by atoms with Gasteiger partial charge in [0.2, 0.25) is 0 Å². The fraction of sp³-hybridized carbons (Fsp3) is 0. The third-order valence-corrected chi connectivity index (χ3v) is 57.0. The molecule has 7 heteroatoms. The second-order valence-electron chi connectivity index (χ2n) is 10.2. The quantitative estimate of drug-likeness (QED) is 0.129. The minimum absolute atomic E-state index is 0.610. The SMILES string of the molecule is O[P](c1ccccc1)(c1ccccc1)(c1ccccc1)[Pd]([Cl])([Cl])[P](O)(c1ccccc1)(c1ccccc1)c1ccccc1. The Morgan fingerprint density at radius 1 is 0.302 bits per heavy atom. The summed E-state index contributed by atoms with van der Waals surface area (Å²) in [6.07, 6.45) is 0. The van der Waals surface area contributed by atoms with Gasteiger partial charge in [-0.2, -0.15) is 0 Å². The molecule has 0 fully saturated rings. The Morgan fingerprint density at radius 2 is 0.442 bits per heavy atom. The number of benzene rings is 6. The molecule has 2 nitrogen and oxygen atoms in total. The van der Waals surface area contributed by atoms with Gasteiger partial charge in [-0.25, -0.2) is 0 Å². The molecule has 0 saturated heterocycles. The summed E-state index contributed by atoms with van der Waals surface area (Å²) in [7, 11) is 16.8. The third-order valence-electron chi connectivity index (χ3n) is 7.93. The summed E-state index contributed by atoms with van der Waals surface area (Å²) >= 11 is -4.83. The Morgan fingerprint density at radius 3 is 0.581 bits per heavy atom. The first-order valence-corrected chi connectivity index (χ1v) is 26.0. The van der Waals surface area contributed by atoms with Crippen molar-refractivity contribution in [3.05, 3.63) is 182 Å². The van der Waals surface area contributed by atoms with Gasteiger partial charge in [0.25, 0.3) is 0 Å². The topological polar surface area (TPSA) is 40.5 Å². The van der Waals surface area contributed by atoms with E-state index in [0.29, 0.717) is 31.8 Å². The summed E-state index contributed by atoms with van der Waals surface area (Å²) in [4.78, 5) is 29.2. The van der Waals surface area contributed by atoms with Crippen LogP contribution in [0.3, 0.4) is 0 Å². The third kappa shape index (κ3) is 3.98. The average Bonchev–Trinajstić information content (AvgIpc) is 3.10. The molecule has 222 valence electrons. The van der Waals surface area contributed by atoms with Gasteiger partial charge in [-0.15, -0.1) is 0 Å². The Balaban J connectivity index is 1.96. The van der Waals surface area contributed by atoms with Gasteiger partial charge in [0, 0.05) is 0 Å². The maximum absolute atomic E-state index is 14.6. The predicted molar refractivity (Wildman–Crippen MR) is 186 cm³/mol. The molecule has 0 amide bonds. The van der Waals surface area contributed by atoms with Crippen LogP contribution in [-0.2, 0) is 12.5 Å². The van der Waals surface area contributed by atoms with E-state index >= 15 is 0 Å². The normalized spacial score (nSPS) is 14.5. The van der Waals surface area contributed by atoms with Crippen molar-refractivity contribution in [1.82, 2.24) is 0 Å². The first kappa shape index (κ1) is 30.4. The Bertz CT molecular complexity index is 1490. The van der Waals surface area contributed by atoms with Crippen LogP contribution >= 0.6 is 29.1 Å². The molecule has 6 aromatic rings. The van der Waals surface area contributed by atoms with Crippen molar-refractivity contribution in [2.24, 2.45) is 0 Å². The first-order valence-electron chi connectivity index (χ1n) is 13.7. The van der Waals surface area contributed by atoms with E-state index in [0.717, 1.165) is 0 Å². The zero-order valence-electron chi connectivity index (χ0n) is 23.2. The van der Waals surface area contributed by atoms with E-state index in [1.165, 1.54) is 0 Å². The number of rotatable bonds is 8. The van der Waals surface area contributed by atoms with Crippen molar-refractivity contribution in [1.29, 1.82) is 0 Å². The Hall–Kier alpha value is -2.66. The molecule has 0 spiro atoms. The fourth-order valence-electron chi connectivity index (χ4n) is 5.87. The van der Waals surface area contributed by atoms with Gasteiger partial charge < -0.3 is 0 Å². The molecule has 0 aliphatic heterocycles. The van der Waals surface area contributed by atoms with Crippen molar-refractivity contribution in [3.63, 3.8) is 0 Å². The van der Waals surface area contributed by atoms with Crippen LogP contribution in [0.1, 0.15) is 0 Å². The van der Waals surface area contributed by atoms with E-state index in [1.54, 1.807) is 0 Å². The number of hydrogen-bond donors (Lipinski definition) is 2. The molecule has 0 radical (unpaired) electrons. The van der Waals surface area contributed by atoms with Gasteiger partial charge in [0.05, 0.1) is 0 Å². The van der Waals surface area contributed by atoms with Crippen molar-refractivity contribution in [2.45, 2.75) is 0 Å². The molecule has 0 bridgehead atoms. The van der Waals surface area contributed by atoms with Crippen molar-refractivity contribution >= 4 is 60.9 Å². The summed E-state index contributed by atoms with van der Waals surface area (Å²) in [5.41, 5.74) is 0. The molecule has 0 unspecified atom stereocenters. The first-order chi connectivity index (χ1) is 20.8. The number of halogens is 2. The Kier molecular flexibility index (Phi) is 8.03. The molecular formula is C36H32Cl2O2P2Pd. The molecule has 6 rings (SSSR count). The summed E-state index contributed by atoms with van der Waals surface area (Å²) in [6, 6.07) is 57.3. The molecule has 0 heterocycles. The van der Waals surface area contributed by atoms with Crippen molar-refractivity contribution in [3.8, 4) is 0 Å². The van der Waals surface area contributed by atoms with E-state index in [-0.39, 0.29) is 0 Å².